The van der Waals surface area contributed by atoms with Gasteiger partial charge in [-0.25, -0.2) is 4.52 Å². The number of nitrogens with zero attached hydrogens (tertiary/aromatic N) is 3. The first-order chi connectivity index (χ1) is 16.4. The van der Waals surface area contributed by atoms with Crippen LogP contribution in [0, 0.1) is 0 Å². The molecule has 0 aliphatic rings. The van der Waals surface area contributed by atoms with Gasteiger partial charge in [0.1, 0.15) is 0 Å². The standard InChI is InChI=1S/C29H17N3S/c1-4-11-23-20(10-1)29-25(13-7-15-31(29)30-23)32-24-12-5-2-8-18(24)21-16-22-19-9-3-6-14-27(19)33-28(22)17-26(21)32/h1-17H. The average molecular weight is 440 g/mol. The van der Waals surface area contributed by atoms with Gasteiger partial charge in [0, 0.05) is 42.5 Å². The van der Waals surface area contributed by atoms with Crippen molar-refractivity contribution in [2.45, 2.75) is 0 Å². The number of benzene rings is 4. The Morgan fingerprint density at radius 3 is 2.30 bits per heavy atom. The molecule has 0 aliphatic heterocycles. The number of hydrogen-bond acceptors (Lipinski definition) is 2. The number of rotatable bonds is 1. The molecule has 0 unspecified atom stereocenters. The van der Waals surface area contributed by atoms with Gasteiger partial charge in [-0.2, -0.15) is 5.10 Å². The van der Waals surface area contributed by atoms with E-state index in [1.165, 1.54) is 47.4 Å². The van der Waals surface area contributed by atoms with Gasteiger partial charge in [-0.05, 0) is 42.5 Å². The van der Waals surface area contributed by atoms with E-state index in [-0.39, 0.29) is 0 Å². The van der Waals surface area contributed by atoms with Crippen LogP contribution in [0.5, 0.6) is 0 Å². The summed E-state index contributed by atoms with van der Waals surface area (Å²) in [4.78, 5) is 0. The molecule has 154 valence electrons. The molecule has 0 amide bonds. The summed E-state index contributed by atoms with van der Waals surface area (Å²) in [5.41, 5.74) is 5.74. The second-order valence-electron chi connectivity index (χ2n) is 8.52. The molecule has 0 aliphatic carbocycles. The molecule has 4 heterocycles. The summed E-state index contributed by atoms with van der Waals surface area (Å²) < 4.78 is 7.08. The maximum atomic E-state index is 4.83. The lowest BCUT2D eigenvalue weighted by Crippen LogP contribution is -1.98. The lowest BCUT2D eigenvalue weighted by atomic mass is 10.1. The van der Waals surface area contributed by atoms with Crippen LogP contribution in [0.15, 0.2) is 103 Å². The van der Waals surface area contributed by atoms with Crippen LogP contribution in [-0.4, -0.2) is 14.2 Å². The third-order valence-electron chi connectivity index (χ3n) is 6.74. The molecule has 4 aromatic carbocycles. The number of aromatic nitrogens is 3. The Labute approximate surface area is 192 Å². The van der Waals surface area contributed by atoms with Crippen LogP contribution >= 0.6 is 11.3 Å². The first kappa shape index (κ1) is 17.4. The van der Waals surface area contributed by atoms with Gasteiger partial charge in [0.05, 0.1) is 27.8 Å². The first-order valence-electron chi connectivity index (χ1n) is 11.1. The molecule has 8 rings (SSSR count). The van der Waals surface area contributed by atoms with Crippen molar-refractivity contribution in [3.8, 4) is 5.69 Å². The zero-order chi connectivity index (χ0) is 21.5. The molecule has 33 heavy (non-hydrogen) atoms. The van der Waals surface area contributed by atoms with Crippen molar-refractivity contribution in [1.82, 2.24) is 14.2 Å². The van der Waals surface area contributed by atoms with E-state index < -0.39 is 0 Å². The summed E-state index contributed by atoms with van der Waals surface area (Å²) in [6.07, 6.45) is 2.04. The first-order valence-corrected chi connectivity index (χ1v) is 11.9. The number of hydrogen-bond donors (Lipinski definition) is 0. The predicted octanol–water partition coefficient (Wildman–Crippen LogP) is 7.95. The largest absolute Gasteiger partial charge is 0.307 e. The minimum Gasteiger partial charge on any atom is -0.307 e. The number of para-hydroxylation sites is 1. The minimum atomic E-state index is 1.01. The second-order valence-corrected chi connectivity index (χ2v) is 9.60. The third-order valence-corrected chi connectivity index (χ3v) is 7.87. The molecule has 0 bridgehead atoms. The molecule has 0 radical (unpaired) electrons. The normalized spacial score (nSPS) is 12.2. The van der Waals surface area contributed by atoms with Gasteiger partial charge in [0.2, 0.25) is 0 Å². The lowest BCUT2D eigenvalue weighted by molar-refractivity contribution is 0.971. The van der Waals surface area contributed by atoms with Crippen LogP contribution in [0.2, 0.25) is 0 Å². The van der Waals surface area contributed by atoms with Crippen molar-refractivity contribution < 1.29 is 0 Å². The highest BCUT2D eigenvalue weighted by atomic mass is 32.1. The highest BCUT2D eigenvalue weighted by Gasteiger charge is 2.18. The Morgan fingerprint density at radius 2 is 1.36 bits per heavy atom. The van der Waals surface area contributed by atoms with E-state index in [4.69, 9.17) is 5.10 Å². The predicted molar refractivity (Wildman–Crippen MR) is 140 cm³/mol. The third kappa shape index (κ3) is 2.25. The quantitative estimate of drug-likeness (QED) is 0.254. The molecule has 0 fully saturated rings. The SMILES string of the molecule is c1ccc2c(c1)nn1cccc(-n3c4ccccc4c4cc5c(cc43)sc3ccccc35)c21. The molecule has 0 spiro atoms. The fourth-order valence-corrected chi connectivity index (χ4v) is 6.46. The van der Waals surface area contributed by atoms with Gasteiger partial charge in [0.25, 0.3) is 0 Å². The fraction of sp³-hybridized carbons (Fsp3) is 0. The molecule has 4 heteroatoms. The maximum Gasteiger partial charge on any atom is 0.0980 e. The summed E-state index contributed by atoms with van der Waals surface area (Å²) in [6, 6.07) is 34.9. The summed E-state index contributed by atoms with van der Waals surface area (Å²) in [6.45, 7) is 0. The molecule has 3 nitrogen and oxygen atoms in total. The Kier molecular flexibility index (Phi) is 3.28. The maximum absolute atomic E-state index is 4.83. The Balaban J connectivity index is 1.60. The smallest absolute Gasteiger partial charge is 0.0980 e. The summed E-state index contributed by atoms with van der Waals surface area (Å²) in [5, 5.41) is 11.2. The van der Waals surface area contributed by atoms with Crippen molar-refractivity contribution in [3.63, 3.8) is 0 Å². The second kappa shape index (κ2) is 6.21. The van der Waals surface area contributed by atoms with Crippen LogP contribution in [0.4, 0.5) is 0 Å². The lowest BCUT2D eigenvalue weighted by Gasteiger charge is -2.10. The molecule has 0 atom stereocenters. The summed E-state index contributed by atoms with van der Waals surface area (Å²) in [7, 11) is 0. The van der Waals surface area contributed by atoms with E-state index >= 15 is 0 Å². The van der Waals surface area contributed by atoms with Crippen LogP contribution < -0.4 is 0 Å². The number of pyridine rings is 1. The van der Waals surface area contributed by atoms with Crippen LogP contribution in [0.1, 0.15) is 0 Å². The fourth-order valence-electron chi connectivity index (χ4n) is 5.34. The van der Waals surface area contributed by atoms with Gasteiger partial charge in [-0.15, -0.1) is 11.3 Å². The van der Waals surface area contributed by atoms with Crippen LogP contribution in [0.3, 0.4) is 0 Å². The summed E-state index contributed by atoms with van der Waals surface area (Å²) in [5.74, 6) is 0. The molecular formula is C29H17N3S. The van der Waals surface area contributed by atoms with Crippen molar-refractivity contribution in [3.05, 3.63) is 103 Å². The van der Waals surface area contributed by atoms with E-state index in [9.17, 15) is 0 Å². The van der Waals surface area contributed by atoms with Crippen molar-refractivity contribution in [2.75, 3.05) is 0 Å². The highest BCUT2D eigenvalue weighted by molar-refractivity contribution is 7.25. The summed E-state index contributed by atoms with van der Waals surface area (Å²) >= 11 is 1.87. The van der Waals surface area contributed by atoms with E-state index in [1.807, 2.05) is 28.1 Å². The zero-order valence-corrected chi connectivity index (χ0v) is 18.4. The number of thiophene rings is 1. The average Bonchev–Trinajstić information content (AvgIpc) is 3.51. The topological polar surface area (TPSA) is 22.2 Å². The van der Waals surface area contributed by atoms with Crippen molar-refractivity contribution >= 4 is 69.7 Å². The monoisotopic (exact) mass is 439 g/mol. The van der Waals surface area contributed by atoms with Crippen molar-refractivity contribution in [2.24, 2.45) is 0 Å². The molecular weight excluding hydrogens is 422 g/mol. The van der Waals surface area contributed by atoms with Gasteiger partial charge >= 0.3 is 0 Å². The minimum absolute atomic E-state index is 1.01. The van der Waals surface area contributed by atoms with Gasteiger partial charge in [-0.3, -0.25) is 0 Å². The Hall–Kier alpha value is -4.15. The molecule has 0 saturated heterocycles. The van der Waals surface area contributed by atoms with Crippen molar-refractivity contribution in [1.29, 1.82) is 0 Å². The Morgan fingerprint density at radius 1 is 0.576 bits per heavy atom. The van der Waals surface area contributed by atoms with Crippen LogP contribution in [0.25, 0.3) is 64.1 Å². The van der Waals surface area contributed by atoms with E-state index in [0.29, 0.717) is 0 Å². The van der Waals surface area contributed by atoms with Gasteiger partial charge in [-0.1, -0.05) is 54.6 Å². The van der Waals surface area contributed by atoms with E-state index in [0.717, 1.165) is 16.7 Å². The molecule has 0 saturated carbocycles. The Bertz CT molecular complexity index is 2040. The number of fused-ring (bicyclic) bond motifs is 9. The van der Waals surface area contributed by atoms with Crippen LogP contribution in [-0.2, 0) is 0 Å². The molecule has 0 N–H and O–H groups in total. The highest BCUT2D eigenvalue weighted by Crippen LogP contribution is 2.41. The molecule has 4 aromatic heterocycles. The molecule has 8 aromatic rings. The van der Waals surface area contributed by atoms with E-state index in [1.54, 1.807) is 0 Å². The van der Waals surface area contributed by atoms with Gasteiger partial charge in [0.15, 0.2) is 0 Å². The zero-order valence-electron chi connectivity index (χ0n) is 17.6. The van der Waals surface area contributed by atoms with E-state index in [2.05, 4.69) is 95.6 Å². The van der Waals surface area contributed by atoms with Gasteiger partial charge < -0.3 is 4.57 Å².